The summed E-state index contributed by atoms with van der Waals surface area (Å²) in [6, 6.07) is 89.9. The van der Waals surface area contributed by atoms with Gasteiger partial charge in [0, 0.05) is 104 Å². The molecule has 8 aliphatic heterocycles. The quantitative estimate of drug-likeness (QED) is 0.141. The molecule has 8 aliphatic rings. The lowest BCUT2D eigenvalue weighted by Crippen LogP contribution is -2.65. The van der Waals surface area contributed by atoms with Gasteiger partial charge in [0.25, 0.3) is 0 Å². The summed E-state index contributed by atoms with van der Waals surface area (Å²) in [6.45, 7) is 0.0168. The van der Waals surface area contributed by atoms with E-state index in [4.69, 9.17) is 0 Å². The maximum Gasteiger partial charge on any atom is 0.249 e. The molecule has 406 valence electrons. The Kier molecular flexibility index (Phi) is 8.22. The number of rotatable bonds is 0. The van der Waals surface area contributed by atoms with Crippen LogP contribution < -0.4 is 65.6 Å². The third-order valence-electron chi connectivity index (χ3n) is 22.1. The number of para-hydroxylation sites is 8. The minimum Gasteiger partial charge on any atom is -0.309 e. The van der Waals surface area contributed by atoms with Gasteiger partial charge in [-0.3, -0.25) is 0 Å². The molecule has 12 heteroatoms. The Morgan fingerprint density at radius 1 is 0.211 bits per heavy atom. The lowest BCUT2D eigenvalue weighted by Gasteiger charge is -2.43. The maximum atomic E-state index is 2.73. The Balaban J connectivity index is 0.844. The van der Waals surface area contributed by atoms with Gasteiger partial charge in [0.1, 0.15) is 0 Å². The average Bonchev–Trinajstić information content (AvgIpc) is 1.22. The third kappa shape index (κ3) is 5.12. The fourth-order valence-electron chi connectivity index (χ4n) is 19.0. The molecule has 0 aliphatic carbocycles. The van der Waals surface area contributed by atoms with E-state index in [1.165, 1.54) is 215 Å². The zero-order valence-corrected chi connectivity index (χ0v) is 50.9. The summed E-state index contributed by atoms with van der Waals surface area (Å²) in [5.41, 5.74) is 32.9. The molecule has 17 aromatic rings. The van der Waals surface area contributed by atoms with E-state index >= 15 is 0 Å². The molecule has 0 radical (unpaired) electrons. The van der Waals surface area contributed by atoms with Crippen molar-refractivity contribution in [2.45, 2.75) is 39.2 Å². The Bertz CT molecular complexity index is 6100. The van der Waals surface area contributed by atoms with Crippen LogP contribution in [0.1, 0.15) is 0 Å². The zero-order chi connectivity index (χ0) is 57.4. The topological polar surface area (TPSA) is 19.7 Å². The van der Waals surface area contributed by atoms with Crippen molar-refractivity contribution in [3.05, 3.63) is 231 Å². The maximum absolute atomic E-state index is 2.73. The van der Waals surface area contributed by atoms with Crippen LogP contribution in [0, 0.1) is 0 Å². The van der Waals surface area contributed by atoms with E-state index in [0.717, 1.165) is 0 Å². The van der Waals surface area contributed by atoms with Gasteiger partial charge < -0.3 is 18.3 Å². The predicted octanol–water partition coefficient (Wildman–Crippen LogP) is 11.3. The van der Waals surface area contributed by atoms with Gasteiger partial charge in [0.2, 0.25) is 26.9 Å². The first kappa shape index (κ1) is 46.8. The van der Waals surface area contributed by atoms with Gasteiger partial charge in [0.15, 0.2) is 0 Å². The van der Waals surface area contributed by atoms with E-state index in [-0.39, 0.29) is 26.9 Å². The van der Waals surface area contributed by atoms with Crippen molar-refractivity contribution in [1.82, 2.24) is 18.3 Å². The van der Waals surface area contributed by atoms with Gasteiger partial charge in [-0.05, 0) is 80.1 Å². The smallest absolute Gasteiger partial charge is 0.249 e. The average molecular weight is 1200 g/mol. The Hall–Kier alpha value is -9.28. The third-order valence-corrected chi connectivity index (χ3v) is 26.9. The van der Waals surface area contributed by atoms with Crippen molar-refractivity contribution in [1.29, 1.82) is 0 Å². The van der Waals surface area contributed by atoms with Crippen molar-refractivity contribution < 1.29 is 0 Å². The van der Waals surface area contributed by atoms with Crippen LogP contribution in [0.5, 0.6) is 0 Å². The minimum absolute atomic E-state index is 0.0433. The van der Waals surface area contributed by atoms with Crippen LogP contribution in [0.2, 0.25) is 0 Å². The van der Waals surface area contributed by atoms with E-state index in [1.54, 1.807) is 0 Å². The SMILES string of the molecule is c1ccc2c(c1)Sc1c3c(c4c5c1-n1c6ccccc6c6cccc(c61)B5c1cc5c(cc1S4)B1c4c(c6c7c(c4-n4c8ccccc8c8cccc1c84)Sc1ccccc1B7c1cccc4c7ccccc7n-6c14)S5)-n1c4ccccc4c4cccc(c41)B23. The highest BCUT2D eigenvalue weighted by Crippen LogP contribution is 2.53. The van der Waals surface area contributed by atoms with Gasteiger partial charge >= 0.3 is 0 Å². The van der Waals surface area contributed by atoms with E-state index < -0.39 is 0 Å². The number of nitrogens with zero attached hydrogens (tertiary/aromatic N) is 4. The predicted molar refractivity (Wildman–Crippen MR) is 385 cm³/mol. The van der Waals surface area contributed by atoms with Crippen LogP contribution in [0.15, 0.2) is 270 Å². The fraction of sp³-hybridized carbons (Fsp3) is 0. The van der Waals surface area contributed by atoms with Crippen LogP contribution in [0.25, 0.3) is 110 Å². The van der Waals surface area contributed by atoms with Crippen molar-refractivity contribution in [2.75, 3.05) is 0 Å². The summed E-state index contributed by atoms with van der Waals surface area (Å²) in [7, 11) is 0. The normalized spacial score (nSPS) is 14.8. The molecule has 0 atom stereocenters. The number of fused-ring (bicyclic) bond motifs is 32. The number of hydrogen-bond acceptors (Lipinski definition) is 4. The molecule has 0 fully saturated rings. The van der Waals surface area contributed by atoms with Crippen LogP contribution in [-0.4, -0.2) is 45.1 Å². The van der Waals surface area contributed by atoms with Crippen molar-refractivity contribution in [3.8, 4) is 22.7 Å². The van der Waals surface area contributed by atoms with Crippen molar-refractivity contribution in [2.24, 2.45) is 0 Å². The van der Waals surface area contributed by atoms with Crippen LogP contribution in [-0.2, 0) is 0 Å². The summed E-state index contributed by atoms with van der Waals surface area (Å²) < 4.78 is 10.9. The molecule has 4 aromatic heterocycles. The summed E-state index contributed by atoms with van der Waals surface area (Å²) in [5, 5.41) is 10.5. The van der Waals surface area contributed by atoms with Gasteiger partial charge in [-0.2, -0.15) is 0 Å². The molecule has 0 N–H and O–H groups in total. The highest BCUT2D eigenvalue weighted by atomic mass is 32.2. The van der Waals surface area contributed by atoms with Gasteiger partial charge in [-0.25, -0.2) is 0 Å². The second-order valence-corrected chi connectivity index (χ2v) is 30.1. The lowest BCUT2D eigenvalue weighted by atomic mass is 9.31. The molecule has 0 saturated carbocycles. The highest BCUT2D eigenvalue weighted by molar-refractivity contribution is 8.01. The molecule has 0 saturated heterocycles. The lowest BCUT2D eigenvalue weighted by molar-refractivity contribution is 1.07. The second-order valence-electron chi connectivity index (χ2n) is 25.9. The summed E-state index contributed by atoms with van der Waals surface area (Å²) in [4.78, 5) is 11.0. The standard InChI is InChI=1S/C78H38B4N4S4/c1-7-31-55-39(17-1)43-21-13-27-49-67(43)83(55)71-63-75(87-59-35-11-5-25-47(59)79(49)63)73-65-77(71)89-61-37-54-62(38-53(61)81(65)51-29-15-23-45-41-19-3-9-33-57(41)85(73)69(45)51)90-78-66-74(86-58-34-10-4-20-42(58)46-24-16-30-52(70(46)86)82(54)66)76-64-72(78)84-56-32-8-2-18-40(56)44-22-14-28-50(68(44)84)80(64)48-26-6-12-36-60(48)88-76/h1-38H. The minimum atomic E-state index is -0.0433. The molecule has 90 heavy (non-hydrogen) atoms. The molecule has 13 aromatic carbocycles. The molecule has 0 spiro atoms. The molecule has 0 bridgehead atoms. The van der Waals surface area contributed by atoms with E-state index in [9.17, 15) is 0 Å². The van der Waals surface area contributed by atoms with Crippen LogP contribution in [0.3, 0.4) is 0 Å². The Morgan fingerprint density at radius 3 is 0.778 bits per heavy atom. The zero-order valence-electron chi connectivity index (χ0n) is 47.7. The van der Waals surface area contributed by atoms with Crippen LogP contribution in [0.4, 0.5) is 0 Å². The number of aromatic nitrogens is 4. The monoisotopic (exact) mass is 1200 g/mol. The summed E-state index contributed by atoms with van der Waals surface area (Å²) in [6.07, 6.45) is 0. The summed E-state index contributed by atoms with van der Waals surface area (Å²) in [5.74, 6) is 0. The summed E-state index contributed by atoms with van der Waals surface area (Å²) >= 11 is 8.15. The fourth-order valence-corrected chi connectivity index (χ4v) is 24.3. The number of hydrogen-bond donors (Lipinski definition) is 0. The van der Waals surface area contributed by atoms with E-state index in [0.29, 0.717) is 0 Å². The molecule has 4 nitrogen and oxygen atoms in total. The van der Waals surface area contributed by atoms with Gasteiger partial charge in [0.05, 0.1) is 44.8 Å². The first-order valence-corrected chi connectivity index (χ1v) is 34.6. The van der Waals surface area contributed by atoms with Crippen molar-refractivity contribution in [3.63, 3.8) is 0 Å². The second kappa shape index (κ2) is 15.8. The largest absolute Gasteiger partial charge is 0.309 e. The molecule has 25 rings (SSSR count). The first-order chi connectivity index (χ1) is 44.7. The van der Waals surface area contributed by atoms with Crippen LogP contribution >= 0.6 is 47.0 Å². The van der Waals surface area contributed by atoms with E-state index in [2.05, 4.69) is 272 Å². The van der Waals surface area contributed by atoms with Crippen molar-refractivity contribution >= 4 is 227 Å². The number of benzene rings is 13. The van der Waals surface area contributed by atoms with E-state index in [1.807, 2.05) is 23.5 Å². The Morgan fingerprint density at radius 2 is 0.456 bits per heavy atom. The first-order valence-electron chi connectivity index (χ1n) is 31.4. The van der Waals surface area contributed by atoms with Gasteiger partial charge in [-0.1, -0.05) is 263 Å². The molecular weight excluding hydrogens is 1160 g/mol. The molecule has 0 unspecified atom stereocenters. The Labute approximate surface area is 533 Å². The molecule has 0 amide bonds. The molecule has 12 heterocycles. The highest BCUT2D eigenvalue weighted by Gasteiger charge is 2.52. The molecular formula is C78H38B4N4S4. The van der Waals surface area contributed by atoms with Gasteiger partial charge in [-0.15, -0.1) is 0 Å².